The first-order valence-electron chi connectivity index (χ1n) is 10.6. The standard InChI is InChI=1S/C22H26N8O/c1-4-29-9-7-17(29)14-31-19-13-24-28(3)22(19)16-6-10-30-18(11-16)12-21(27-30)26-20-5-8-23-15(2)25-20/h5-6,8,10-13,17H,4,7,9,14H2,1-3H3,(H,23,25,26,27)/t17-/m1/s1. The first kappa shape index (κ1) is 19.5. The predicted octanol–water partition coefficient (Wildman–Crippen LogP) is 3.05. The van der Waals surface area contributed by atoms with Crippen LogP contribution in [0.1, 0.15) is 19.2 Å². The summed E-state index contributed by atoms with van der Waals surface area (Å²) in [6, 6.07) is 8.43. The molecule has 0 radical (unpaired) electrons. The number of aromatic nitrogens is 6. The third kappa shape index (κ3) is 3.84. The molecule has 0 aromatic carbocycles. The van der Waals surface area contributed by atoms with Gasteiger partial charge in [-0.1, -0.05) is 6.92 Å². The number of hydrogen-bond donors (Lipinski definition) is 1. The van der Waals surface area contributed by atoms with Crippen LogP contribution in [0.15, 0.2) is 42.9 Å². The molecule has 4 aromatic rings. The van der Waals surface area contributed by atoms with Crippen LogP contribution in [0.2, 0.25) is 0 Å². The number of likely N-dealkylation sites (N-methyl/N-ethyl adjacent to an activating group) is 1. The van der Waals surface area contributed by atoms with Crippen molar-refractivity contribution in [2.45, 2.75) is 26.3 Å². The average Bonchev–Trinajstić information content (AvgIpc) is 3.29. The Balaban J connectivity index is 1.38. The second-order valence-corrected chi connectivity index (χ2v) is 7.79. The molecule has 0 saturated carbocycles. The number of rotatable bonds is 7. The van der Waals surface area contributed by atoms with Gasteiger partial charge in [0.2, 0.25) is 0 Å². The van der Waals surface area contributed by atoms with Gasteiger partial charge in [0.05, 0.1) is 11.7 Å². The second kappa shape index (κ2) is 7.99. The fourth-order valence-corrected chi connectivity index (χ4v) is 4.00. The number of aryl methyl sites for hydroxylation is 2. The van der Waals surface area contributed by atoms with E-state index in [0.717, 1.165) is 47.2 Å². The molecular formula is C22H26N8O. The lowest BCUT2D eigenvalue weighted by Crippen LogP contribution is -2.50. The molecule has 1 aliphatic heterocycles. The zero-order valence-corrected chi connectivity index (χ0v) is 18.0. The first-order chi connectivity index (χ1) is 15.1. The second-order valence-electron chi connectivity index (χ2n) is 7.79. The molecule has 5 rings (SSSR count). The summed E-state index contributed by atoms with van der Waals surface area (Å²) in [6.07, 6.45) is 6.66. The highest BCUT2D eigenvalue weighted by Crippen LogP contribution is 2.31. The molecule has 9 heteroatoms. The third-order valence-corrected chi connectivity index (χ3v) is 5.78. The van der Waals surface area contributed by atoms with Gasteiger partial charge in [-0.2, -0.15) is 10.2 Å². The zero-order chi connectivity index (χ0) is 21.4. The smallest absolute Gasteiger partial charge is 0.165 e. The van der Waals surface area contributed by atoms with Crippen molar-refractivity contribution in [1.82, 2.24) is 34.3 Å². The van der Waals surface area contributed by atoms with Crippen LogP contribution in [0.25, 0.3) is 16.8 Å². The van der Waals surface area contributed by atoms with Gasteiger partial charge in [-0.25, -0.2) is 14.5 Å². The van der Waals surface area contributed by atoms with Crippen LogP contribution < -0.4 is 10.1 Å². The Morgan fingerprint density at radius 2 is 2.13 bits per heavy atom. The summed E-state index contributed by atoms with van der Waals surface area (Å²) in [6.45, 7) is 6.97. The van der Waals surface area contributed by atoms with E-state index in [1.165, 1.54) is 6.42 Å². The highest BCUT2D eigenvalue weighted by atomic mass is 16.5. The quantitative estimate of drug-likeness (QED) is 0.494. The molecule has 1 fully saturated rings. The predicted molar refractivity (Wildman–Crippen MR) is 119 cm³/mol. The van der Waals surface area contributed by atoms with Gasteiger partial charge in [-0.05, 0) is 38.1 Å². The largest absolute Gasteiger partial charge is 0.488 e. The van der Waals surface area contributed by atoms with Crippen molar-refractivity contribution in [3.8, 4) is 17.0 Å². The molecule has 31 heavy (non-hydrogen) atoms. The van der Waals surface area contributed by atoms with Gasteiger partial charge in [0.1, 0.15) is 23.9 Å². The lowest BCUT2D eigenvalue weighted by molar-refractivity contribution is 0.0563. The minimum atomic E-state index is 0.495. The van der Waals surface area contributed by atoms with E-state index in [-0.39, 0.29) is 0 Å². The molecule has 1 N–H and O–H groups in total. The van der Waals surface area contributed by atoms with Gasteiger partial charge >= 0.3 is 0 Å². The molecule has 9 nitrogen and oxygen atoms in total. The van der Waals surface area contributed by atoms with Crippen molar-refractivity contribution in [1.29, 1.82) is 0 Å². The van der Waals surface area contributed by atoms with Gasteiger partial charge in [-0.3, -0.25) is 9.58 Å². The van der Waals surface area contributed by atoms with Crippen molar-refractivity contribution < 1.29 is 4.74 Å². The molecule has 0 unspecified atom stereocenters. The van der Waals surface area contributed by atoms with E-state index >= 15 is 0 Å². The fourth-order valence-electron chi connectivity index (χ4n) is 4.00. The SMILES string of the molecule is CCN1CC[C@@H]1COc1cnn(C)c1-c1ccn2nc(Nc3ccnc(C)n3)cc2c1. The fraction of sp³-hybridized carbons (Fsp3) is 0.364. The molecular weight excluding hydrogens is 392 g/mol. The maximum Gasteiger partial charge on any atom is 0.165 e. The van der Waals surface area contributed by atoms with E-state index in [2.05, 4.69) is 43.4 Å². The normalized spacial score (nSPS) is 16.4. The molecule has 0 bridgehead atoms. The Morgan fingerprint density at radius 1 is 1.23 bits per heavy atom. The average molecular weight is 419 g/mol. The van der Waals surface area contributed by atoms with Gasteiger partial charge in [-0.15, -0.1) is 0 Å². The van der Waals surface area contributed by atoms with Gasteiger partial charge < -0.3 is 10.1 Å². The Bertz CT molecular complexity index is 1210. The highest BCUT2D eigenvalue weighted by molar-refractivity contribution is 5.72. The van der Waals surface area contributed by atoms with E-state index in [4.69, 9.17) is 4.74 Å². The van der Waals surface area contributed by atoms with Crippen molar-refractivity contribution in [2.24, 2.45) is 7.05 Å². The summed E-state index contributed by atoms with van der Waals surface area (Å²) in [7, 11) is 1.94. The number of nitrogens with one attached hydrogen (secondary N) is 1. The van der Waals surface area contributed by atoms with E-state index < -0.39 is 0 Å². The van der Waals surface area contributed by atoms with Crippen LogP contribution in [-0.4, -0.2) is 60.0 Å². The first-order valence-corrected chi connectivity index (χ1v) is 10.6. The van der Waals surface area contributed by atoms with E-state index in [9.17, 15) is 0 Å². The number of anilines is 2. The van der Waals surface area contributed by atoms with Crippen LogP contribution in [-0.2, 0) is 7.05 Å². The lowest BCUT2D eigenvalue weighted by Gasteiger charge is -2.39. The summed E-state index contributed by atoms with van der Waals surface area (Å²) in [5, 5.41) is 12.3. The Kier molecular flexibility index (Phi) is 5.03. The summed E-state index contributed by atoms with van der Waals surface area (Å²) in [5.74, 6) is 2.96. The number of pyridine rings is 1. The summed E-state index contributed by atoms with van der Waals surface area (Å²) < 4.78 is 9.88. The van der Waals surface area contributed by atoms with Crippen LogP contribution >= 0.6 is 0 Å². The minimum absolute atomic E-state index is 0.495. The number of likely N-dealkylation sites (tertiary alicyclic amines) is 1. The number of ether oxygens (including phenoxy) is 1. The van der Waals surface area contributed by atoms with Gasteiger partial charge in [0.15, 0.2) is 11.6 Å². The Morgan fingerprint density at radius 3 is 2.90 bits per heavy atom. The summed E-state index contributed by atoms with van der Waals surface area (Å²) >= 11 is 0. The number of fused-ring (bicyclic) bond motifs is 1. The van der Waals surface area contributed by atoms with Gasteiger partial charge in [0, 0.05) is 43.7 Å². The molecule has 4 aromatic heterocycles. The third-order valence-electron chi connectivity index (χ3n) is 5.78. The molecule has 5 heterocycles. The van der Waals surface area contributed by atoms with E-state index in [1.54, 1.807) is 12.4 Å². The van der Waals surface area contributed by atoms with Gasteiger partial charge in [0.25, 0.3) is 0 Å². The van der Waals surface area contributed by atoms with Crippen molar-refractivity contribution in [3.05, 3.63) is 48.7 Å². The summed E-state index contributed by atoms with van der Waals surface area (Å²) in [4.78, 5) is 10.9. The molecule has 160 valence electrons. The number of hydrogen-bond acceptors (Lipinski definition) is 7. The van der Waals surface area contributed by atoms with Crippen LogP contribution in [0, 0.1) is 6.92 Å². The summed E-state index contributed by atoms with van der Waals surface area (Å²) in [5.41, 5.74) is 2.97. The maximum atomic E-state index is 6.18. The zero-order valence-electron chi connectivity index (χ0n) is 18.0. The molecule has 0 aliphatic carbocycles. The molecule has 1 saturated heterocycles. The molecule has 1 atom stereocenters. The van der Waals surface area contributed by atoms with E-state index in [1.807, 2.05) is 47.6 Å². The minimum Gasteiger partial charge on any atom is -0.488 e. The van der Waals surface area contributed by atoms with Crippen molar-refractivity contribution in [3.63, 3.8) is 0 Å². The lowest BCUT2D eigenvalue weighted by atomic mass is 10.0. The monoisotopic (exact) mass is 418 g/mol. The topological polar surface area (TPSA) is 85.4 Å². The number of nitrogens with zero attached hydrogens (tertiary/aromatic N) is 7. The van der Waals surface area contributed by atoms with Crippen LogP contribution in [0.5, 0.6) is 5.75 Å². The maximum absolute atomic E-state index is 6.18. The highest BCUT2D eigenvalue weighted by Gasteiger charge is 2.27. The van der Waals surface area contributed by atoms with E-state index in [0.29, 0.717) is 18.5 Å². The van der Waals surface area contributed by atoms with Crippen LogP contribution in [0.4, 0.5) is 11.6 Å². The van der Waals surface area contributed by atoms with Crippen molar-refractivity contribution >= 4 is 17.2 Å². The Hall–Kier alpha value is -3.46. The molecule has 0 amide bonds. The van der Waals surface area contributed by atoms with Crippen molar-refractivity contribution in [2.75, 3.05) is 25.0 Å². The molecule has 1 aliphatic rings. The Labute approximate surface area is 180 Å². The molecule has 0 spiro atoms. The van der Waals surface area contributed by atoms with Crippen LogP contribution in [0.3, 0.4) is 0 Å².